The van der Waals surface area contributed by atoms with Gasteiger partial charge in [0.05, 0.1) is 0 Å². The molecule has 3 aromatic heterocycles. The Bertz CT molecular complexity index is 872. The van der Waals surface area contributed by atoms with E-state index < -0.39 is 0 Å². The van der Waals surface area contributed by atoms with E-state index in [9.17, 15) is 9.59 Å². The first-order valence-corrected chi connectivity index (χ1v) is 8.30. The zero-order valence-electron chi connectivity index (χ0n) is 13.0. The van der Waals surface area contributed by atoms with E-state index in [4.69, 9.17) is 0 Å². The summed E-state index contributed by atoms with van der Waals surface area (Å²) >= 11 is 1.34. The molecule has 124 valence electrons. The summed E-state index contributed by atoms with van der Waals surface area (Å²) < 4.78 is 0. The summed E-state index contributed by atoms with van der Waals surface area (Å²) in [7, 11) is 0. The lowest BCUT2D eigenvalue weighted by Gasteiger charge is -2.02. The number of aromatic amines is 1. The summed E-state index contributed by atoms with van der Waals surface area (Å²) in [5.74, 6) is -0.225. The number of carbonyl (C=O) groups excluding carboxylic acids is 2. The van der Waals surface area contributed by atoms with Crippen LogP contribution in [-0.2, 0) is 9.59 Å². The van der Waals surface area contributed by atoms with Gasteiger partial charge in [-0.15, -0.1) is 11.3 Å². The molecule has 0 atom stereocenters. The lowest BCUT2D eigenvalue weighted by Crippen LogP contribution is -2.22. The number of anilines is 1. The molecule has 3 aromatic rings. The standard InChI is InChI=1S/C15H16N6O2S/c1-9(22)16-5-2-3-12(23)21-15-20-11(7-24-15)13-10-4-6-17-14(10)19-8-18-13/h4,6-8H,2-3,5H2,1H3,(H,16,22)(H,17,18,19)(H,20,21,23). The summed E-state index contributed by atoms with van der Waals surface area (Å²) in [6.07, 6.45) is 4.19. The second-order valence-corrected chi connectivity index (χ2v) is 5.99. The van der Waals surface area contributed by atoms with Crippen LogP contribution in [0.1, 0.15) is 19.8 Å². The highest BCUT2D eigenvalue weighted by molar-refractivity contribution is 7.14. The number of hydrogen-bond donors (Lipinski definition) is 3. The van der Waals surface area contributed by atoms with Crippen molar-refractivity contribution in [2.45, 2.75) is 19.8 Å². The van der Waals surface area contributed by atoms with Crippen molar-refractivity contribution in [3.63, 3.8) is 0 Å². The van der Waals surface area contributed by atoms with Gasteiger partial charge in [-0.1, -0.05) is 0 Å². The van der Waals surface area contributed by atoms with Crippen LogP contribution in [0.4, 0.5) is 5.13 Å². The Balaban J connectivity index is 1.62. The summed E-state index contributed by atoms with van der Waals surface area (Å²) in [6, 6.07) is 1.89. The molecule has 0 aliphatic rings. The first-order chi connectivity index (χ1) is 11.6. The molecular weight excluding hydrogens is 328 g/mol. The number of amides is 2. The summed E-state index contributed by atoms with van der Waals surface area (Å²) in [6.45, 7) is 1.93. The number of nitrogens with one attached hydrogen (secondary N) is 3. The Hall–Kier alpha value is -2.81. The van der Waals surface area contributed by atoms with E-state index >= 15 is 0 Å². The van der Waals surface area contributed by atoms with Gasteiger partial charge in [0.1, 0.15) is 23.4 Å². The highest BCUT2D eigenvalue weighted by Gasteiger charge is 2.12. The molecule has 0 aliphatic carbocycles. The van der Waals surface area contributed by atoms with Crippen molar-refractivity contribution in [3.8, 4) is 11.4 Å². The maximum atomic E-state index is 11.9. The normalized spacial score (nSPS) is 10.7. The molecule has 0 unspecified atom stereocenters. The van der Waals surface area contributed by atoms with Crippen LogP contribution in [0.3, 0.4) is 0 Å². The average molecular weight is 344 g/mol. The molecule has 0 fully saturated rings. The van der Waals surface area contributed by atoms with Crippen molar-refractivity contribution < 1.29 is 9.59 Å². The first-order valence-electron chi connectivity index (χ1n) is 7.42. The molecule has 0 aliphatic heterocycles. The van der Waals surface area contributed by atoms with Gasteiger partial charge in [0.2, 0.25) is 11.8 Å². The van der Waals surface area contributed by atoms with Crippen LogP contribution in [0.2, 0.25) is 0 Å². The molecule has 2 amide bonds. The van der Waals surface area contributed by atoms with Crippen molar-refractivity contribution in [3.05, 3.63) is 24.0 Å². The Morgan fingerprint density at radius 1 is 1.33 bits per heavy atom. The van der Waals surface area contributed by atoms with E-state index in [0.29, 0.717) is 30.2 Å². The fourth-order valence-corrected chi connectivity index (χ4v) is 2.92. The Morgan fingerprint density at radius 2 is 2.21 bits per heavy atom. The molecule has 0 saturated heterocycles. The molecule has 8 nitrogen and oxygen atoms in total. The largest absolute Gasteiger partial charge is 0.356 e. The van der Waals surface area contributed by atoms with Crippen LogP contribution in [0.15, 0.2) is 24.0 Å². The number of H-pyrrole nitrogens is 1. The summed E-state index contributed by atoms with van der Waals surface area (Å²) in [5, 5.41) is 8.68. The molecule has 0 bridgehead atoms. The second-order valence-electron chi connectivity index (χ2n) is 5.13. The number of aromatic nitrogens is 4. The third-order valence-electron chi connectivity index (χ3n) is 3.30. The van der Waals surface area contributed by atoms with Crippen LogP contribution >= 0.6 is 11.3 Å². The van der Waals surface area contributed by atoms with Crippen LogP contribution < -0.4 is 10.6 Å². The van der Waals surface area contributed by atoms with E-state index in [1.54, 1.807) is 6.20 Å². The van der Waals surface area contributed by atoms with Crippen molar-refractivity contribution in [1.82, 2.24) is 25.3 Å². The quantitative estimate of drug-likeness (QED) is 0.592. The van der Waals surface area contributed by atoms with Crippen LogP contribution in [0.25, 0.3) is 22.4 Å². The molecule has 3 rings (SSSR count). The van der Waals surface area contributed by atoms with Gasteiger partial charge < -0.3 is 15.6 Å². The highest BCUT2D eigenvalue weighted by Crippen LogP contribution is 2.28. The maximum Gasteiger partial charge on any atom is 0.226 e. The van der Waals surface area contributed by atoms with Gasteiger partial charge in [0.15, 0.2) is 5.13 Å². The lowest BCUT2D eigenvalue weighted by molar-refractivity contribution is -0.119. The van der Waals surface area contributed by atoms with Crippen molar-refractivity contribution >= 4 is 39.3 Å². The number of carbonyl (C=O) groups is 2. The predicted molar refractivity (Wildman–Crippen MR) is 91.5 cm³/mol. The number of hydrogen-bond acceptors (Lipinski definition) is 6. The Labute approximate surface area is 141 Å². The van der Waals surface area contributed by atoms with Gasteiger partial charge >= 0.3 is 0 Å². The highest BCUT2D eigenvalue weighted by atomic mass is 32.1. The topological polar surface area (TPSA) is 113 Å². The Kier molecular flexibility index (Phi) is 4.80. The van der Waals surface area contributed by atoms with Crippen molar-refractivity contribution in [2.75, 3.05) is 11.9 Å². The maximum absolute atomic E-state index is 11.9. The van der Waals surface area contributed by atoms with E-state index in [1.807, 2.05) is 11.4 Å². The van der Waals surface area contributed by atoms with Gasteiger partial charge in [-0.05, 0) is 12.5 Å². The molecule has 0 saturated carbocycles. The zero-order valence-corrected chi connectivity index (χ0v) is 13.8. The van der Waals surface area contributed by atoms with E-state index in [2.05, 4.69) is 30.6 Å². The average Bonchev–Trinajstić information content (AvgIpc) is 3.20. The third kappa shape index (κ3) is 3.74. The van der Waals surface area contributed by atoms with Crippen LogP contribution in [0, 0.1) is 0 Å². The van der Waals surface area contributed by atoms with E-state index in [0.717, 1.165) is 16.7 Å². The summed E-state index contributed by atoms with van der Waals surface area (Å²) in [5.41, 5.74) is 2.17. The van der Waals surface area contributed by atoms with Gasteiger partial charge in [0, 0.05) is 36.9 Å². The smallest absolute Gasteiger partial charge is 0.226 e. The SMILES string of the molecule is CC(=O)NCCCC(=O)Nc1nc(-c2ncnc3[nH]ccc23)cs1. The van der Waals surface area contributed by atoms with E-state index in [-0.39, 0.29) is 11.8 Å². The molecule has 3 heterocycles. The molecule has 0 spiro atoms. The van der Waals surface area contributed by atoms with Gasteiger partial charge in [0.25, 0.3) is 0 Å². The van der Waals surface area contributed by atoms with Gasteiger partial charge in [-0.2, -0.15) is 0 Å². The minimum absolute atomic E-state index is 0.0964. The molecule has 9 heteroatoms. The van der Waals surface area contributed by atoms with Gasteiger partial charge in [-0.3, -0.25) is 9.59 Å². The van der Waals surface area contributed by atoms with Crippen LogP contribution in [-0.4, -0.2) is 38.3 Å². The molecule has 24 heavy (non-hydrogen) atoms. The summed E-state index contributed by atoms with van der Waals surface area (Å²) in [4.78, 5) is 38.5. The number of thiazole rings is 1. The third-order valence-corrected chi connectivity index (χ3v) is 4.06. The Morgan fingerprint density at radius 3 is 3.04 bits per heavy atom. The van der Waals surface area contributed by atoms with Crippen LogP contribution in [0.5, 0.6) is 0 Å². The fraction of sp³-hybridized carbons (Fsp3) is 0.267. The zero-order chi connectivity index (χ0) is 16.9. The predicted octanol–water partition coefficient (Wildman–Crippen LogP) is 1.94. The first kappa shape index (κ1) is 16.1. The number of nitrogens with zero attached hydrogens (tertiary/aromatic N) is 3. The monoisotopic (exact) mass is 344 g/mol. The van der Waals surface area contributed by atoms with Crippen molar-refractivity contribution in [2.24, 2.45) is 0 Å². The minimum atomic E-state index is -0.129. The molecule has 3 N–H and O–H groups in total. The minimum Gasteiger partial charge on any atom is -0.356 e. The number of rotatable bonds is 6. The second kappa shape index (κ2) is 7.18. The molecule has 0 aromatic carbocycles. The lowest BCUT2D eigenvalue weighted by atomic mass is 10.2. The number of fused-ring (bicyclic) bond motifs is 1. The fourth-order valence-electron chi connectivity index (χ4n) is 2.21. The van der Waals surface area contributed by atoms with Gasteiger partial charge in [-0.25, -0.2) is 15.0 Å². The van der Waals surface area contributed by atoms with Crippen molar-refractivity contribution in [1.29, 1.82) is 0 Å². The van der Waals surface area contributed by atoms with E-state index in [1.165, 1.54) is 24.6 Å². The molecular formula is C15H16N6O2S. The molecule has 0 radical (unpaired) electrons.